The molecule has 0 aliphatic rings. The second kappa shape index (κ2) is 5.70. The van der Waals surface area contributed by atoms with Gasteiger partial charge in [-0.1, -0.05) is 11.6 Å². The van der Waals surface area contributed by atoms with E-state index in [0.717, 1.165) is 17.1 Å². The Bertz CT molecular complexity index is 471. The van der Waals surface area contributed by atoms with Crippen LogP contribution in [0.25, 0.3) is 0 Å². The topological polar surface area (TPSA) is 49.9 Å². The molecule has 0 spiro atoms. The van der Waals surface area contributed by atoms with Crippen LogP contribution in [0.15, 0.2) is 30.6 Å². The number of halogens is 1. The molecule has 0 aliphatic carbocycles. The summed E-state index contributed by atoms with van der Waals surface area (Å²) in [6, 6.07) is 5.58. The number of ether oxygens (including phenoxy) is 1. The predicted molar refractivity (Wildman–Crippen MR) is 67.1 cm³/mol. The first-order valence-corrected chi connectivity index (χ1v) is 5.69. The zero-order chi connectivity index (χ0) is 12.1. The second-order valence-electron chi connectivity index (χ2n) is 3.60. The molecule has 0 fully saturated rings. The van der Waals surface area contributed by atoms with Crippen LogP contribution in [0.3, 0.4) is 0 Å². The van der Waals surface area contributed by atoms with Gasteiger partial charge in [0.2, 0.25) is 0 Å². The van der Waals surface area contributed by atoms with Crippen LogP contribution in [0.4, 0.5) is 0 Å². The highest BCUT2D eigenvalue weighted by molar-refractivity contribution is 6.30. The van der Waals surface area contributed by atoms with Gasteiger partial charge in [0.1, 0.15) is 11.6 Å². The highest BCUT2D eigenvalue weighted by Gasteiger charge is 2.03. The van der Waals surface area contributed by atoms with E-state index in [9.17, 15) is 0 Å². The van der Waals surface area contributed by atoms with Gasteiger partial charge in [-0.3, -0.25) is 0 Å². The zero-order valence-corrected chi connectivity index (χ0v) is 10.3. The van der Waals surface area contributed by atoms with E-state index in [0.29, 0.717) is 18.1 Å². The summed E-state index contributed by atoms with van der Waals surface area (Å²) >= 11 is 5.95. The predicted octanol–water partition coefficient (Wildman–Crippen LogP) is 2.36. The average Bonchev–Trinajstić information content (AvgIpc) is 2.82. The zero-order valence-electron chi connectivity index (χ0n) is 9.53. The molecule has 1 aromatic carbocycles. The van der Waals surface area contributed by atoms with E-state index in [1.807, 2.05) is 18.2 Å². The molecule has 17 heavy (non-hydrogen) atoms. The summed E-state index contributed by atoms with van der Waals surface area (Å²) in [6.45, 7) is 1.37. The fourth-order valence-electron chi connectivity index (χ4n) is 1.60. The number of H-pyrrole nitrogens is 1. The van der Waals surface area contributed by atoms with Crippen molar-refractivity contribution in [1.29, 1.82) is 0 Å². The molecule has 0 saturated carbocycles. The number of aromatic amines is 1. The molecule has 2 aromatic rings. The minimum atomic E-state index is 0.683. The van der Waals surface area contributed by atoms with Gasteiger partial charge in [0, 0.05) is 29.5 Å². The van der Waals surface area contributed by atoms with Crippen LogP contribution in [0.1, 0.15) is 11.4 Å². The van der Waals surface area contributed by atoms with Crippen molar-refractivity contribution in [3.8, 4) is 5.75 Å². The van der Waals surface area contributed by atoms with Crippen LogP contribution in [0.2, 0.25) is 5.02 Å². The summed E-state index contributed by atoms with van der Waals surface area (Å²) in [5.41, 5.74) is 1.03. The first kappa shape index (κ1) is 12.0. The maximum Gasteiger partial charge on any atom is 0.123 e. The SMILES string of the molecule is COc1ccc(Cl)cc1CNCc1ncc[nH]1. The van der Waals surface area contributed by atoms with Crippen LogP contribution >= 0.6 is 11.6 Å². The summed E-state index contributed by atoms with van der Waals surface area (Å²) in [5.74, 6) is 1.74. The molecule has 0 atom stereocenters. The van der Waals surface area contributed by atoms with Crippen molar-refractivity contribution >= 4 is 11.6 Å². The van der Waals surface area contributed by atoms with Crippen LogP contribution in [0, 0.1) is 0 Å². The van der Waals surface area contributed by atoms with Gasteiger partial charge in [0.25, 0.3) is 0 Å². The van der Waals surface area contributed by atoms with Gasteiger partial charge < -0.3 is 15.0 Å². The van der Waals surface area contributed by atoms with Crippen molar-refractivity contribution in [2.45, 2.75) is 13.1 Å². The minimum Gasteiger partial charge on any atom is -0.496 e. The lowest BCUT2D eigenvalue weighted by Gasteiger charge is -2.09. The lowest BCUT2D eigenvalue weighted by molar-refractivity contribution is 0.407. The number of nitrogens with zero attached hydrogens (tertiary/aromatic N) is 1. The summed E-state index contributed by atoms with van der Waals surface area (Å²) in [5, 5.41) is 3.98. The molecule has 2 rings (SSSR count). The van der Waals surface area contributed by atoms with Gasteiger partial charge in [0.05, 0.1) is 13.7 Å². The summed E-state index contributed by atoms with van der Waals surface area (Å²) in [7, 11) is 1.65. The molecule has 0 unspecified atom stereocenters. The Balaban J connectivity index is 1.96. The van der Waals surface area contributed by atoms with E-state index < -0.39 is 0 Å². The largest absolute Gasteiger partial charge is 0.496 e. The van der Waals surface area contributed by atoms with Crippen LogP contribution in [0.5, 0.6) is 5.75 Å². The molecular weight excluding hydrogens is 238 g/mol. The Kier molecular flexibility index (Phi) is 4.01. The van der Waals surface area contributed by atoms with E-state index in [-0.39, 0.29) is 0 Å². The Morgan fingerprint density at radius 2 is 2.29 bits per heavy atom. The smallest absolute Gasteiger partial charge is 0.123 e. The van der Waals surface area contributed by atoms with Crippen molar-refractivity contribution < 1.29 is 4.74 Å². The van der Waals surface area contributed by atoms with Gasteiger partial charge in [-0.15, -0.1) is 0 Å². The number of rotatable bonds is 5. The average molecular weight is 252 g/mol. The third-order valence-corrected chi connectivity index (χ3v) is 2.64. The molecule has 1 aromatic heterocycles. The molecule has 1 heterocycles. The van der Waals surface area contributed by atoms with Crippen LogP contribution < -0.4 is 10.1 Å². The normalized spacial score (nSPS) is 10.5. The number of imidazole rings is 1. The second-order valence-corrected chi connectivity index (χ2v) is 4.03. The molecule has 2 N–H and O–H groups in total. The van der Waals surface area contributed by atoms with E-state index in [2.05, 4.69) is 15.3 Å². The Hall–Kier alpha value is -1.52. The fourth-order valence-corrected chi connectivity index (χ4v) is 1.79. The quantitative estimate of drug-likeness (QED) is 0.858. The van der Waals surface area contributed by atoms with E-state index in [4.69, 9.17) is 16.3 Å². The molecule has 0 saturated heterocycles. The standard InChI is InChI=1S/C12H14ClN3O/c1-17-11-3-2-10(13)6-9(11)7-14-8-12-15-4-5-16-12/h2-6,14H,7-8H2,1H3,(H,15,16). The number of benzene rings is 1. The number of methoxy groups -OCH3 is 1. The monoisotopic (exact) mass is 251 g/mol. The van der Waals surface area contributed by atoms with Gasteiger partial charge >= 0.3 is 0 Å². The molecule has 0 bridgehead atoms. The first-order chi connectivity index (χ1) is 8.29. The Labute approximate surface area is 105 Å². The molecule has 90 valence electrons. The highest BCUT2D eigenvalue weighted by atomic mass is 35.5. The lowest BCUT2D eigenvalue weighted by Crippen LogP contribution is -2.14. The van der Waals surface area contributed by atoms with Gasteiger partial charge in [-0.25, -0.2) is 4.98 Å². The summed E-state index contributed by atoms with van der Waals surface area (Å²) < 4.78 is 5.27. The van der Waals surface area contributed by atoms with E-state index >= 15 is 0 Å². The summed E-state index contributed by atoms with van der Waals surface area (Å²) in [4.78, 5) is 7.16. The molecule has 0 radical (unpaired) electrons. The minimum absolute atomic E-state index is 0.683. The van der Waals surface area contributed by atoms with Crippen molar-refractivity contribution in [3.05, 3.63) is 47.0 Å². The third-order valence-electron chi connectivity index (χ3n) is 2.41. The van der Waals surface area contributed by atoms with E-state index in [1.54, 1.807) is 19.5 Å². The molecule has 0 aliphatic heterocycles. The highest BCUT2D eigenvalue weighted by Crippen LogP contribution is 2.22. The van der Waals surface area contributed by atoms with Crippen molar-refractivity contribution in [2.24, 2.45) is 0 Å². The molecular formula is C12H14ClN3O. The number of nitrogens with one attached hydrogen (secondary N) is 2. The molecule has 4 nitrogen and oxygen atoms in total. The van der Waals surface area contributed by atoms with Crippen molar-refractivity contribution in [3.63, 3.8) is 0 Å². The Morgan fingerprint density at radius 1 is 1.41 bits per heavy atom. The number of hydrogen-bond donors (Lipinski definition) is 2. The van der Waals surface area contributed by atoms with Crippen molar-refractivity contribution in [1.82, 2.24) is 15.3 Å². The maximum atomic E-state index is 5.95. The summed E-state index contributed by atoms with van der Waals surface area (Å²) in [6.07, 6.45) is 3.54. The number of aromatic nitrogens is 2. The molecule has 0 amide bonds. The van der Waals surface area contributed by atoms with Gasteiger partial charge in [-0.05, 0) is 18.2 Å². The first-order valence-electron chi connectivity index (χ1n) is 5.31. The number of hydrogen-bond acceptors (Lipinski definition) is 3. The van der Waals surface area contributed by atoms with Gasteiger partial charge in [-0.2, -0.15) is 0 Å². The molecule has 5 heteroatoms. The van der Waals surface area contributed by atoms with Crippen LogP contribution in [-0.2, 0) is 13.1 Å². The lowest BCUT2D eigenvalue weighted by atomic mass is 10.2. The Morgan fingerprint density at radius 3 is 3.00 bits per heavy atom. The van der Waals surface area contributed by atoms with E-state index in [1.165, 1.54) is 0 Å². The maximum absolute atomic E-state index is 5.95. The van der Waals surface area contributed by atoms with Gasteiger partial charge in [0.15, 0.2) is 0 Å². The van der Waals surface area contributed by atoms with Crippen LogP contribution in [-0.4, -0.2) is 17.1 Å². The fraction of sp³-hybridized carbons (Fsp3) is 0.250. The third kappa shape index (κ3) is 3.22. The van der Waals surface area contributed by atoms with Crippen molar-refractivity contribution in [2.75, 3.05) is 7.11 Å².